The highest BCUT2D eigenvalue weighted by molar-refractivity contribution is 5.66. The van der Waals surface area contributed by atoms with E-state index >= 15 is 0 Å². The van der Waals surface area contributed by atoms with Gasteiger partial charge in [-0.25, -0.2) is 0 Å². The molecule has 0 unspecified atom stereocenters. The molecule has 0 spiro atoms. The Kier molecular flexibility index (Phi) is 10.9. The van der Waals surface area contributed by atoms with E-state index in [-0.39, 0.29) is 24.1 Å². The van der Waals surface area contributed by atoms with Gasteiger partial charge in [0, 0.05) is 12.8 Å². The number of hydrogen-bond donors (Lipinski definition) is 0. The molecule has 0 saturated heterocycles. The van der Waals surface area contributed by atoms with Gasteiger partial charge in [-0.3, -0.25) is 4.79 Å². The van der Waals surface area contributed by atoms with E-state index in [0.29, 0.717) is 32.8 Å². The minimum atomic E-state index is -0.567. The zero-order valence-corrected chi connectivity index (χ0v) is 24.0. The Hall–Kier alpha value is -3.03. The highest BCUT2D eigenvalue weighted by Gasteiger charge is 2.51. The summed E-state index contributed by atoms with van der Waals surface area (Å²) in [6.45, 7) is 9.13. The molecular formula is C34H42O6. The molecule has 6 heteroatoms. The third-order valence-electron chi connectivity index (χ3n) is 6.89. The van der Waals surface area contributed by atoms with Crippen LogP contribution >= 0.6 is 0 Å². The number of benzene rings is 3. The Morgan fingerprint density at radius 1 is 0.775 bits per heavy atom. The second-order valence-electron chi connectivity index (χ2n) is 11.3. The fourth-order valence-corrected chi connectivity index (χ4v) is 5.18. The van der Waals surface area contributed by atoms with E-state index in [9.17, 15) is 4.79 Å². The molecule has 40 heavy (non-hydrogen) atoms. The minimum Gasteiger partial charge on any atom is -0.457 e. The molecule has 1 aliphatic carbocycles. The lowest BCUT2D eigenvalue weighted by Crippen LogP contribution is -2.43. The number of carbonyl (C=O) groups excluding carboxylic acids is 1. The molecule has 0 aliphatic heterocycles. The third kappa shape index (κ3) is 9.27. The van der Waals surface area contributed by atoms with Crippen molar-refractivity contribution in [3.05, 3.63) is 108 Å². The molecule has 6 nitrogen and oxygen atoms in total. The van der Waals surface area contributed by atoms with E-state index in [1.807, 2.05) is 112 Å². The van der Waals surface area contributed by atoms with Gasteiger partial charge < -0.3 is 23.7 Å². The van der Waals surface area contributed by atoms with Gasteiger partial charge in [-0.15, -0.1) is 0 Å². The van der Waals surface area contributed by atoms with Crippen molar-refractivity contribution in [2.45, 2.75) is 84.0 Å². The molecule has 1 saturated carbocycles. The van der Waals surface area contributed by atoms with Crippen LogP contribution in [-0.4, -0.2) is 42.6 Å². The van der Waals surface area contributed by atoms with Crippen molar-refractivity contribution >= 4 is 5.97 Å². The van der Waals surface area contributed by atoms with Gasteiger partial charge in [0.05, 0.1) is 44.2 Å². The maximum Gasteiger partial charge on any atom is 0.303 e. The van der Waals surface area contributed by atoms with Crippen LogP contribution in [0, 0.1) is 5.92 Å². The van der Waals surface area contributed by atoms with Crippen molar-refractivity contribution in [1.82, 2.24) is 0 Å². The highest BCUT2D eigenvalue weighted by Crippen LogP contribution is 2.39. The zero-order chi connectivity index (χ0) is 28.4. The van der Waals surface area contributed by atoms with Gasteiger partial charge >= 0.3 is 5.97 Å². The van der Waals surface area contributed by atoms with Crippen molar-refractivity contribution in [3.8, 4) is 0 Å². The van der Waals surface area contributed by atoms with Gasteiger partial charge in [0.1, 0.15) is 6.10 Å². The van der Waals surface area contributed by atoms with Crippen molar-refractivity contribution < 1.29 is 28.5 Å². The van der Waals surface area contributed by atoms with Crippen molar-refractivity contribution in [2.24, 2.45) is 5.92 Å². The molecule has 0 amide bonds. The summed E-state index contributed by atoms with van der Waals surface area (Å²) in [4.78, 5) is 12.3. The van der Waals surface area contributed by atoms with E-state index < -0.39 is 17.8 Å². The summed E-state index contributed by atoms with van der Waals surface area (Å²) in [5.74, 6) is -0.483. The fraction of sp³-hybridized carbons (Fsp3) is 0.441. The molecular weight excluding hydrogens is 504 g/mol. The Morgan fingerprint density at radius 3 is 1.82 bits per heavy atom. The summed E-state index contributed by atoms with van der Waals surface area (Å²) in [7, 11) is 0. The Bertz CT molecular complexity index is 1150. The van der Waals surface area contributed by atoms with Crippen molar-refractivity contribution in [1.29, 1.82) is 0 Å². The zero-order valence-electron chi connectivity index (χ0n) is 24.0. The predicted molar refractivity (Wildman–Crippen MR) is 154 cm³/mol. The Labute approximate surface area is 238 Å². The molecule has 5 atom stereocenters. The van der Waals surface area contributed by atoms with E-state index in [4.69, 9.17) is 23.7 Å². The Morgan fingerprint density at radius 2 is 1.30 bits per heavy atom. The quantitative estimate of drug-likeness (QED) is 0.228. The third-order valence-corrected chi connectivity index (χ3v) is 6.89. The predicted octanol–water partition coefficient (Wildman–Crippen LogP) is 6.51. The first-order valence-corrected chi connectivity index (χ1v) is 14.1. The van der Waals surface area contributed by atoms with Crippen LogP contribution in [0.2, 0.25) is 0 Å². The van der Waals surface area contributed by atoms with Crippen LogP contribution in [0.1, 0.15) is 50.8 Å². The first kappa shape index (κ1) is 29.9. The molecule has 1 aliphatic rings. The first-order chi connectivity index (χ1) is 19.3. The summed E-state index contributed by atoms with van der Waals surface area (Å²) in [5, 5.41) is 0. The van der Waals surface area contributed by atoms with E-state index in [2.05, 4.69) is 0 Å². The van der Waals surface area contributed by atoms with Gasteiger partial charge in [0.15, 0.2) is 6.10 Å². The summed E-state index contributed by atoms with van der Waals surface area (Å²) in [5.41, 5.74) is 2.80. The molecule has 0 bridgehead atoms. The molecule has 0 heterocycles. The molecule has 3 aromatic rings. The lowest BCUT2D eigenvalue weighted by Gasteiger charge is -2.31. The summed E-state index contributed by atoms with van der Waals surface area (Å²) >= 11 is 0. The Balaban J connectivity index is 1.59. The second-order valence-corrected chi connectivity index (χ2v) is 11.3. The first-order valence-electron chi connectivity index (χ1n) is 14.1. The average Bonchev–Trinajstić information content (AvgIpc) is 3.25. The SMILES string of the molecule is CC(=O)O[C@@H]1[C@@H](OCc2ccccc2)[C@H]([C@@H](COCc2ccccc2)OCc2ccccc2)C[C@H]1OC(C)(C)C. The largest absolute Gasteiger partial charge is 0.457 e. The van der Waals surface area contributed by atoms with Crippen LogP contribution in [0.5, 0.6) is 0 Å². The van der Waals surface area contributed by atoms with Crippen LogP contribution in [-0.2, 0) is 48.3 Å². The normalized spacial score (nSPS) is 21.7. The number of hydrogen-bond acceptors (Lipinski definition) is 6. The molecule has 0 radical (unpaired) electrons. The van der Waals surface area contributed by atoms with Crippen molar-refractivity contribution in [3.63, 3.8) is 0 Å². The number of esters is 1. The number of ether oxygens (including phenoxy) is 5. The van der Waals surface area contributed by atoms with Crippen molar-refractivity contribution in [2.75, 3.05) is 6.61 Å². The highest BCUT2D eigenvalue weighted by atomic mass is 16.6. The maximum absolute atomic E-state index is 12.3. The smallest absolute Gasteiger partial charge is 0.303 e. The molecule has 4 rings (SSSR count). The van der Waals surface area contributed by atoms with E-state index in [1.54, 1.807) is 0 Å². The van der Waals surface area contributed by atoms with Crippen LogP contribution in [0.4, 0.5) is 0 Å². The molecule has 0 aromatic heterocycles. The molecule has 3 aromatic carbocycles. The second kappa shape index (κ2) is 14.6. The lowest BCUT2D eigenvalue weighted by molar-refractivity contribution is -0.176. The summed E-state index contributed by atoms with van der Waals surface area (Å²) in [6.07, 6.45) is -1.04. The van der Waals surface area contributed by atoms with Gasteiger partial charge in [0.25, 0.3) is 0 Å². The average molecular weight is 547 g/mol. The van der Waals surface area contributed by atoms with Gasteiger partial charge in [-0.05, 0) is 43.9 Å². The van der Waals surface area contributed by atoms with Gasteiger partial charge in [-0.2, -0.15) is 0 Å². The van der Waals surface area contributed by atoms with Gasteiger partial charge in [-0.1, -0.05) is 91.0 Å². The topological polar surface area (TPSA) is 63.2 Å². The summed E-state index contributed by atoms with van der Waals surface area (Å²) < 4.78 is 31.7. The van der Waals surface area contributed by atoms with E-state index in [1.165, 1.54) is 6.92 Å². The monoisotopic (exact) mass is 546 g/mol. The van der Waals surface area contributed by atoms with E-state index in [0.717, 1.165) is 16.7 Å². The lowest BCUT2D eigenvalue weighted by atomic mass is 9.98. The van der Waals surface area contributed by atoms with Crippen LogP contribution in [0.3, 0.4) is 0 Å². The van der Waals surface area contributed by atoms with Crippen LogP contribution < -0.4 is 0 Å². The maximum atomic E-state index is 12.3. The minimum absolute atomic E-state index is 0.125. The number of carbonyl (C=O) groups is 1. The molecule has 0 N–H and O–H groups in total. The molecule has 214 valence electrons. The molecule has 1 fully saturated rings. The summed E-state index contributed by atoms with van der Waals surface area (Å²) in [6, 6.07) is 30.2. The standard InChI is InChI=1S/C34H42O6/c1-25(35)39-33-30(40-34(2,3)4)20-29(32(33)38-23-28-18-12-7-13-19-28)31(37-22-27-16-10-6-11-17-27)24-36-21-26-14-8-5-9-15-26/h5-19,29-33H,20-24H2,1-4H3/t29-,30+,31+,32-,33-/m0/s1. The van der Waals surface area contributed by atoms with Crippen LogP contribution in [0.25, 0.3) is 0 Å². The number of rotatable bonds is 13. The van der Waals surface area contributed by atoms with Crippen LogP contribution in [0.15, 0.2) is 91.0 Å². The fourth-order valence-electron chi connectivity index (χ4n) is 5.18. The van der Waals surface area contributed by atoms with Gasteiger partial charge in [0.2, 0.25) is 0 Å².